The lowest BCUT2D eigenvalue weighted by Crippen LogP contribution is -3.13. The molecule has 0 saturated carbocycles. The van der Waals surface area contributed by atoms with E-state index >= 15 is 0 Å². The number of nitrogens with one attached hydrogen (secondary N) is 2. The predicted molar refractivity (Wildman–Crippen MR) is 115 cm³/mol. The number of ether oxygens (including phenoxy) is 1. The fourth-order valence-corrected chi connectivity index (χ4v) is 4.25. The van der Waals surface area contributed by atoms with Crippen molar-refractivity contribution in [3.8, 4) is 5.75 Å². The van der Waals surface area contributed by atoms with E-state index in [1.807, 2.05) is 12.1 Å². The topological polar surface area (TPSA) is 80.2 Å². The smallest absolute Gasteiger partial charge is 0.261 e. The van der Waals surface area contributed by atoms with Crippen LogP contribution in [0.3, 0.4) is 0 Å². The maximum Gasteiger partial charge on any atom is 0.261 e. The summed E-state index contributed by atoms with van der Waals surface area (Å²) in [5.41, 5.74) is 1.86. The lowest BCUT2D eigenvalue weighted by molar-refractivity contribution is -0.903. The molecule has 0 bridgehead atoms. The van der Waals surface area contributed by atoms with Gasteiger partial charge in [-0.3, -0.25) is 19.3 Å². The second-order valence-corrected chi connectivity index (χ2v) is 8.12. The summed E-state index contributed by atoms with van der Waals surface area (Å²) in [6, 6.07) is 12.0. The van der Waals surface area contributed by atoms with Gasteiger partial charge in [0, 0.05) is 5.56 Å². The van der Waals surface area contributed by atoms with Crippen molar-refractivity contribution in [2.45, 2.75) is 25.8 Å². The zero-order valence-electron chi connectivity index (χ0n) is 18.2. The number of carbonyl (C=O) groups is 3. The number of quaternary nitrogens is 1. The standard InChI is InChI=1S/C24H27N3O4.ClH/c1-31-19-8-5-17(6-9-19)16-27-23(29)20-10-7-18(15-21(20)24(27)30)22(28)25-11-14-26-12-3-2-4-13-26;/h5-10,15H,2-4,11-14,16H2,1H3,(H,25,28);1H. The van der Waals surface area contributed by atoms with Crippen LogP contribution >= 0.6 is 0 Å². The summed E-state index contributed by atoms with van der Waals surface area (Å²) in [5.74, 6) is -0.212. The number of rotatable bonds is 7. The first-order valence-electron chi connectivity index (χ1n) is 10.8. The molecule has 0 radical (unpaired) electrons. The number of benzene rings is 2. The van der Waals surface area contributed by atoms with Crippen LogP contribution < -0.4 is 27.4 Å². The van der Waals surface area contributed by atoms with Crippen LogP contribution in [0.5, 0.6) is 5.75 Å². The summed E-state index contributed by atoms with van der Waals surface area (Å²) >= 11 is 0. The van der Waals surface area contributed by atoms with Crippen molar-refractivity contribution >= 4 is 17.7 Å². The van der Waals surface area contributed by atoms with Crippen molar-refractivity contribution in [1.82, 2.24) is 10.2 Å². The van der Waals surface area contributed by atoms with Crippen molar-refractivity contribution in [2.75, 3.05) is 33.3 Å². The normalized spacial score (nSPS) is 15.8. The van der Waals surface area contributed by atoms with Crippen molar-refractivity contribution in [3.63, 3.8) is 0 Å². The minimum atomic E-state index is -0.372. The Balaban J connectivity index is 0.00000289. The number of imide groups is 1. The summed E-state index contributed by atoms with van der Waals surface area (Å²) in [6.45, 7) is 4.01. The van der Waals surface area contributed by atoms with Gasteiger partial charge in [-0.2, -0.15) is 0 Å². The van der Waals surface area contributed by atoms with E-state index in [1.54, 1.807) is 31.4 Å². The highest BCUT2D eigenvalue weighted by atomic mass is 35.5. The summed E-state index contributed by atoms with van der Waals surface area (Å²) in [6.07, 6.45) is 3.79. The number of hydrogen-bond acceptors (Lipinski definition) is 4. The Labute approximate surface area is 194 Å². The molecule has 0 atom stereocenters. The second-order valence-electron chi connectivity index (χ2n) is 8.12. The molecule has 2 aromatic rings. The molecule has 2 aliphatic rings. The third-order valence-electron chi connectivity index (χ3n) is 6.06. The van der Waals surface area contributed by atoms with Crippen molar-refractivity contribution in [3.05, 3.63) is 64.7 Å². The number of carbonyl (C=O) groups excluding carboxylic acids is 3. The van der Waals surface area contributed by atoms with Gasteiger partial charge >= 0.3 is 0 Å². The Morgan fingerprint density at radius 1 is 1.00 bits per heavy atom. The van der Waals surface area contributed by atoms with Gasteiger partial charge < -0.3 is 27.4 Å². The molecular formula is C24H28ClN3O4. The number of nitrogens with zero attached hydrogens (tertiary/aromatic N) is 1. The number of likely N-dealkylation sites (tertiary alicyclic amines) is 1. The molecule has 7 nitrogen and oxygen atoms in total. The lowest BCUT2D eigenvalue weighted by Gasteiger charge is -2.23. The highest BCUT2D eigenvalue weighted by Crippen LogP contribution is 2.26. The first-order valence-corrected chi connectivity index (χ1v) is 10.8. The van der Waals surface area contributed by atoms with Crippen LogP contribution in [0.4, 0.5) is 0 Å². The van der Waals surface area contributed by atoms with Gasteiger partial charge in [-0.1, -0.05) is 12.1 Å². The van der Waals surface area contributed by atoms with Gasteiger partial charge in [0.2, 0.25) is 0 Å². The van der Waals surface area contributed by atoms with E-state index in [-0.39, 0.29) is 42.2 Å². The maximum absolute atomic E-state index is 12.9. The maximum atomic E-state index is 12.9. The Kier molecular flexibility index (Phi) is 7.88. The van der Waals surface area contributed by atoms with E-state index in [0.717, 1.165) is 25.2 Å². The summed E-state index contributed by atoms with van der Waals surface area (Å²) < 4.78 is 5.14. The molecule has 1 fully saturated rings. The SMILES string of the molecule is COc1ccc(CN2C(=O)c3ccc(C(=O)NCC[NH+]4CCCCC4)cc3C2=O)cc1.[Cl-]. The van der Waals surface area contributed by atoms with Crippen LogP contribution in [0, 0.1) is 0 Å². The number of methoxy groups -OCH3 is 1. The highest BCUT2D eigenvalue weighted by Gasteiger charge is 2.36. The zero-order valence-corrected chi connectivity index (χ0v) is 18.9. The van der Waals surface area contributed by atoms with Crippen LogP contribution in [-0.2, 0) is 6.54 Å². The first-order chi connectivity index (χ1) is 15.1. The van der Waals surface area contributed by atoms with Gasteiger partial charge in [0.15, 0.2) is 0 Å². The average Bonchev–Trinajstić information content (AvgIpc) is 3.04. The van der Waals surface area contributed by atoms with Crippen LogP contribution in [0.2, 0.25) is 0 Å². The van der Waals surface area contributed by atoms with Gasteiger partial charge in [0.25, 0.3) is 17.7 Å². The Bertz CT molecular complexity index is 987. The molecule has 0 aromatic heterocycles. The number of fused-ring (bicyclic) bond motifs is 1. The first kappa shape index (κ1) is 23.8. The minimum Gasteiger partial charge on any atom is -1.00 e. The molecule has 0 unspecified atom stereocenters. The molecule has 4 rings (SSSR count). The molecule has 0 spiro atoms. The Morgan fingerprint density at radius 2 is 1.69 bits per heavy atom. The van der Waals surface area contributed by atoms with Crippen LogP contribution in [0.15, 0.2) is 42.5 Å². The fourth-order valence-electron chi connectivity index (χ4n) is 4.25. The number of halogens is 1. The van der Waals surface area contributed by atoms with Gasteiger partial charge in [-0.05, 0) is 55.2 Å². The largest absolute Gasteiger partial charge is 1.00 e. The molecule has 3 amide bonds. The number of piperidine rings is 1. The molecule has 32 heavy (non-hydrogen) atoms. The van der Waals surface area contributed by atoms with E-state index in [4.69, 9.17) is 4.74 Å². The van der Waals surface area contributed by atoms with E-state index in [2.05, 4.69) is 5.32 Å². The molecule has 2 heterocycles. The summed E-state index contributed by atoms with van der Waals surface area (Å²) in [4.78, 5) is 40.9. The van der Waals surface area contributed by atoms with Crippen LogP contribution in [0.25, 0.3) is 0 Å². The number of hydrogen-bond donors (Lipinski definition) is 2. The predicted octanol–water partition coefficient (Wildman–Crippen LogP) is -1.71. The lowest BCUT2D eigenvalue weighted by atomic mass is 10.1. The van der Waals surface area contributed by atoms with Crippen LogP contribution in [0.1, 0.15) is 55.9 Å². The van der Waals surface area contributed by atoms with Crippen molar-refractivity contribution < 1.29 is 36.4 Å². The zero-order chi connectivity index (χ0) is 21.8. The highest BCUT2D eigenvalue weighted by molar-refractivity contribution is 6.22. The molecular weight excluding hydrogens is 430 g/mol. The molecule has 8 heteroatoms. The van der Waals surface area contributed by atoms with Gasteiger partial charge in [0.05, 0.1) is 51.0 Å². The summed E-state index contributed by atoms with van der Waals surface area (Å²) in [5, 5.41) is 2.94. The molecule has 2 N–H and O–H groups in total. The third-order valence-corrected chi connectivity index (χ3v) is 6.06. The second kappa shape index (κ2) is 10.6. The summed E-state index contributed by atoms with van der Waals surface area (Å²) in [7, 11) is 1.59. The van der Waals surface area contributed by atoms with Crippen molar-refractivity contribution in [2.24, 2.45) is 0 Å². The third kappa shape index (κ3) is 5.11. The molecule has 1 saturated heterocycles. The Hall–Kier alpha value is -2.90. The van der Waals surface area contributed by atoms with E-state index < -0.39 is 0 Å². The Morgan fingerprint density at radius 3 is 2.38 bits per heavy atom. The van der Waals surface area contributed by atoms with E-state index in [9.17, 15) is 14.4 Å². The van der Waals surface area contributed by atoms with Crippen molar-refractivity contribution in [1.29, 1.82) is 0 Å². The molecule has 170 valence electrons. The average molecular weight is 458 g/mol. The molecule has 2 aliphatic heterocycles. The van der Waals surface area contributed by atoms with Gasteiger partial charge in [-0.25, -0.2) is 0 Å². The fraction of sp³-hybridized carbons (Fsp3) is 0.375. The van der Waals surface area contributed by atoms with Gasteiger partial charge in [-0.15, -0.1) is 0 Å². The van der Waals surface area contributed by atoms with E-state index in [0.29, 0.717) is 23.4 Å². The quantitative estimate of drug-likeness (QED) is 0.485. The van der Waals surface area contributed by atoms with Crippen LogP contribution in [-0.4, -0.2) is 55.9 Å². The monoisotopic (exact) mass is 457 g/mol. The van der Waals surface area contributed by atoms with E-state index in [1.165, 1.54) is 35.1 Å². The minimum absolute atomic E-state index is 0. The van der Waals surface area contributed by atoms with Gasteiger partial charge in [0.1, 0.15) is 5.75 Å². The number of amides is 3. The molecule has 2 aromatic carbocycles. The molecule has 0 aliphatic carbocycles.